The molecule has 0 aliphatic heterocycles. The van der Waals surface area contributed by atoms with Crippen LogP contribution in [0.4, 0.5) is 5.82 Å². The Labute approximate surface area is 218 Å². The highest BCUT2D eigenvalue weighted by atomic mass is 16.2. The molecular formula is C31H34N4O2. The van der Waals surface area contributed by atoms with Crippen molar-refractivity contribution in [1.82, 2.24) is 14.7 Å². The van der Waals surface area contributed by atoms with Gasteiger partial charge in [-0.25, -0.2) is 4.68 Å². The number of nitrogens with zero attached hydrogens (tertiary/aromatic N) is 3. The smallest absolute Gasteiger partial charge is 0.254 e. The number of amides is 2. The Kier molecular flexibility index (Phi) is 7.58. The Morgan fingerprint density at radius 1 is 0.892 bits per heavy atom. The molecule has 0 spiro atoms. The molecule has 37 heavy (non-hydrogen) atoms. The summed E-state index contributed by atoms with van der Waals surface area (Å²) in [6.45, 7) is 10.5. The number of nitrogens with one attached hydrogen (secondary N) is 1. The summed E-state index contributed by atoms with van der Waals surface area (Å²) < 4.78 is 1.77. The highest BCUT2D eigenvalue weighted by Gasteiger charge is 2.24. The van der Waals surface area contributed by atoms with Crippen molar-refractivity contribution < 1.29 is 9.59 Å². The van der Waals surface area contributed by atoms with Gasteiger partial charge in [-0.05, 0) is 43.2 Å². The van der Waals surface area contributed by atoms with Gasteiger partial charge in [-0.15, -0.1) is 0 Å². The van der Waals surface area contributed by atoms with Crippen LogP contribution in [0, 0.1) is 13.8 Å². The lowest BCUT2D eigenvalue weighted by Gasteiger charge is -2.23. The third-order valence-electron chi connectivity index (χ3n) is 6.23. The van der Waals surface area contributed by atoms with Crippen molar-refractivity contribution in [1.29, 1.82) is 0 Å². The molecule has 6 heteroatoms. The number of carbonyl (C=O) groups is 2. The molecule has 6 nitrogen and oxygen atoms in total. The van der Waals surface area contributed by atoms with Gasteiger partial charge in [0, 0.05) is 23.6 Å². The van der Waals surface area contributed by atoms with E-state index in [-0.39, 0.29) is 23.8 Å². The highest BCUT2D eigenvalue weighted by molar-refractivity contribution is 5.99. The van der Waals surface area contributed by atoms with Crippen LogP contribution < -0.4 is 5.32 Å². The molecular weight excluding hydrogens is 460 g/mol. The summed E-state index contributed by atoms with van der Waals surface area (Å²) >= 11 is 0. The topological polar surface area (TPSA) is 67.2 Å². The lowest BCUT2D eigenvalue weighted by Crippen LogP contribution is -2.37. The van der Waals surface area contributed by atoms with Crippen LogP contribution in [0.15, 0.2) is 84.9 Å². The first-order valence-corrected chi connectivity index (χ1v) is 12.5. The molecule has 4 rings (SSSR count). The number of hydrogen-bond donors (Lipinski definition) is 1. The van der Waals surface area contributed by atoms with E-state index in [9.17, 15) is 9.59 Å². The molecule has 0 atom stereocenters. The number of benzene rings is 3. The normalized spacial score (nSPS) is 11.3. The van der Waals surface area contributed by atoms with Crippen LogP contribution in [-0.4, -0.2) is 33.0 Å². The Bertz CT molecular complexity index is 1380. The van der Waals surface area contributed by atoms with Crippen molar-refractivity contribution in [2.24, 2.45) is 0 Å². The SMILES string of the molecule is Cc1ccc(C(=O)N(CC(=O)Nc2cc(C(C)(C)C)nn2-c2ccccc2C)Cc2ccccc2)cc1. The van der Waals surface area contributed by atoms with Crippen LogP contribution in [0.25, 0.3) is 5.69 Å². The van der Waals surface area contributed by atoms with Gasteiger partial charge in [0.15, 0.2) is 0 Å². The molecule has 0 aliphatic rings. The summed E-state index contributed by atoms with van der Waals surface area (Å²) in [5, 5.41) is 7.85. The van der Waals surface area contributed by atoms with Gasteiger partial charge in [0.25, 0.3) is 5.91 Å². The third-order valence-corrected chi connectivity index (χ3v) is 6.23. The predicted octanol–water partition coefficient (Wildman–Crippen LogP) is 6.07. The Morgan fingerprint density at radius 3 is 2.19 bits per heavy atom. The van der Waals surface area contributed by atoms with E-state index >= 15 is 0 Å². The van der Waals surface area contributed by atoms with Gasteiger partial charge >= 0.3 is 0 Å². The number of para-hydroxylation sites is 1. The Hall–Kier alpha value is -4.19. The maximum absolute atomic E-state index is 13.4. The zero-order chi connectivity index (χ0) is 26.6. The molecule has 2 amide bonds. The van der Waals surface area contributed by atoms with E-state index in [2.05, 4.69) is 26.1 Å². The fraction of sp³-hybridized carbons (Fsp3) is 0.258. The molecule has 3 aromatic carbocycles. The summed E-state index contributed by atoms with van der Waals surface area (Å²) in [4.78, 5) is 28.4. The average molecular weight is 495 g/mol. The van der Waals surface area contributed by atoms with Crippen LogP contribution in [0.2, 0.25) is 0 Å². The number of hydrogen-bond acceptors (Lipinski definition) is 3. The molecule has 190 valence electrons. The van der Waals surface area contributed by atoms with Crippen molar-refractivity contribution in [3.8, 4) is 5.69 Å². The Morgan fingerprint density at radius 2 is 1.54 bits per heavy atom. The lowest BCUT2D eigenvalue weighted by molar-refractivity contribution is -0.117. The minimum Gasteiger partial charge on any atom is -0.325 e. The second-order valence-electron chi connectivity index (χ2n) is 10.4. The van der Waals surface area contributed by atoms with Crippen LogP contribution in [0.3, 0.4) is 0 Å². The fourth-order valence-electron chi connectivity index (χ4n) is 4.06. The summed E-state index contributed by atoms with van der Waals surface area (Å²) in [7, 11) is 0. The van der Waals surface area contributed by atoms with Crippen LogP contribution in [0.1, 0.15) is 53.5 Å². The van der Waals surface area contributed by atoms with E-state index in [1.807, 2.05) is 86.6 Å². The highest BCUT2D eigenvalue weighted by Crippen LogP contribution is 2.27. The molecule has 0 unspecified atom stereocenters. The summed E-state index contributed by atoms with van der Waals surface area (Å²) in [5.74, 6) is 0.0973. The third kappa shape index (κ3) is 6.33. The van der Waals surface area contributed by atoms with Crippen molar-refractivity contribution in [2.45, 2.75) is 46.6 Å². The van der Waals surface area contributed by atoms with E-state index in [4.69, 9.17) is 5.10 Å². The van der Waals surface area contributed by atoms with Gasteiger partial charge in [0.05, 0.1) is 11.4 Å². The molecule has 0 aliphatic carbocycles. The van der Waals surface area contributed by atoms with E-state index in [0.29, 0.717) is 17.9 Å². The predicted molar refractivity (Wildman–Crippen MR) is 148 cm³/mol. The monoisotopic (exact) mass is 494 g/mol. The average Bonchev–Trinajstić information content (AvgIpc) is 3.28. The second-order valence-corrected chi connectivity index (χ2v) is 10.4. The number of rotatable bonds is 7. The largest absolute Gasteiger partial charge is 0.325 e. The lowest BCUT2D eigenvalue weighted by atomic mass is 9.92. The molecule has 4 aromatic rings. The van der Waals surface area contributed by atoms with Crippen molar-refractivity contribution in [3.05, 3.63) is 113 Å². The molecule has 0 saturated carbocycles. The maximum Gasteiger partial charge on any atom is 0.254 e. The van der Waals surface area contributed by atoms with Crippen LogP contribution in [0.5, 0.6) is 0 Å². The van der Waals surface area contributed by atoms with Crippen molar-refractivity contribution in [2.75, 3.05) is 11.9 Å². The molecule has 1 N–H and O–H groups in total. The zero-order valence-electron chi connectivity index (χ0n) is 22.2. The first-order chi connectivity index (χ1) is 17.6. The number of anilines is 1. The molecule has 0 bridgehead atoms. The van der Waals surface area contributed by atoms with Crippen molar-refractivity contribution in [3.63, 3.8) is 0 Å². The number of aryl methyl sites for hydroxylation is 2. The van der Waals surface area contributed by atoms with E-state index in [1.54, 1.807) is 21.7 Å². The first kappa shape index (κ1) is 25.9. The molecule has 0 radical (unpaired) electrons. The van der Waals surface area contributed by atoms with E-state index in [0.717, 1.165) is 28.1 Å². The standard InChI is InChI=1S/C31H34N4O2/c1-22-15-17-25(18-16-22)30(37)34(20-24-12-7-6-8-13-24)21-29(36)32-28-19-27(31(3,4)5)33-35(28)26-14-10-9-11-23(26)2/h6-19H,20-21H2,1-5H3,(H,32,36). The minimum atomic E-state index is -0.286. The van der Waals surface area contributed by atoms with E-state index in [1.165, 1.54) is 0 Å². The van der Waals surface area contributed by atoms with Crippen LogP contribution >= 0.6 is 0 Å². The number of aromatic nitrogens is 2. The fourth-order valence-corrected chi connectivity index (χ4v) is 4.06. The Balaban J connectivity index is 1.62. The van der Waals surface area contributed by atoms with Gasteiger partial charge in [-0.3, -0.25) is 9.59 Å². The van der Waals surface area contributed by atoms with Crippen LogP contribution in [-0.2, 0) is 16.8 Å². The number of carbonyl (C=O) groups excluding carboxylic acids is 2. The maximum atomic E-state index is 13.4. The van der Waals surface area contributed by atoms with Gasteiger partial charge in [0.2, 0.25) is 5.91 Å². The molecule has 1 heterocycles. The second kappa shape index (κ2) is 10.8. The summed E-state index contributed by atoms with van der Waals surface area (Å²) in [6.07, 6.45) is 0. The van der Waals surface area contributed by atoms with Gasteiger partial charge < -0.3 is 10.2 Å². The zero-order valence-corrected chi connectivity index (χ0v) is 22.2. The molecule has 0 saturated heterocycles. The quantitative estimate of drug-likeness (QED) is 0.339. The van der Waals surface area contributed by atoms with Crippen molar-refractivity contribution >= 4 is 17.6 Å². The van der Waals surface area contributed by atoms with Gasteiger partial charge in [-0.2, -0.15) is 5.10 Å². The summed E-state index contributed by atoms with van der Waals surface area (Å²) in [5.41, 5.74) is 5.18. The first-order valence-electron chi connectivity index (χ1n) is 12.5. The molecule has 1 aromatic heterocycles. The molecule has 0 fully saturated rings. The van der Waals surface area contributed by atoms with Gasteiger partial charge in [0.1, 0.15) is 12.4 Å². The van der Waals surface area contributed by atoms with Gasteiger partial charge in [-0.1, -0.05) is 87.0 Å². The minimum absolute atomic E-state index is 0.0919. The van der Waals surface area contributed by atoms with E-state index < -0.39 is 0 Å². The summed E-state index contributed by atoms with van der Waals surface area (Å²) in [6, 6.07) is 26.9.